The smallest absolute Gasteiger partial charge is 0.338 e. The lowest BCUT2D eigenvalue weighted by Gasteiger charge is -2.42. The Morgan fingerprint density at radius 3 is 1.57 bits per heavy atom. The van der Waals surface area contributed by atoms with Gasteiger partial charge in [-0.3, -0.25) is 4.18 Å². The van der Waals surface area contributed by atoms with Crippen molar-refractivity contribution in [3.05, 3.63) is 108 Å². The number of benzene rings is 3. The first kappa shape index (κ1) is 28.9. The van der Waals surface area contributed by atoms with Crippen molar-refractivity contribution in [1.82, 2.24) is 0 Å². The molecule has 0 aliphatic carbocycles. The summed E-state index contributed by atoms with van der Waals surface area (Å²) in [6.07, 6.45) is -7.73. The molecule has 4 rings (SSSR count). The summed E-state index contributed by atoms with van der Waals surface area (Å²) in [7, 11) is -4.27. The van der Waals surface area contributed by atoms with Crippen LogP contribution in [0.5, 0.6) is 0 Å². The molecule has 0 amide bonds. The molecular formula is C28H26O11S. The van der Waals surface area contributed by atoms with Gasteiger partial charge in [0.25, 0.3) is 10.1 Å². The SMILES string of the molecule is CS(=O)(=O)O[C@@H]1[C@@H](OC(=O)c2ccccc2)[C@@H](O)O[C@H](COC(=O)c2ccccc2)[C@H]1OC(=O)c1ccccc1. The van der Waals surface area contributed by atoms with Crippen LogP contribution in [0, 0.1) is 0 Å². The fourth-order valence-electron chi connectivity index (χ4n) is 3.96. The quantitative estimate of drug-likeness (QED) is 0.229. The van der Waals surface area contributed by atoms with E-state index in [1.165, 1.54) is 36.4 Å². The van der Waals surface area contributed by atoms with Crippen molar-refractivity contribution in [2.75, 3.05) is 12.9 Å². The number of aliphatic hydroxyl groups is 1. The normalized spacial score (nSPS) is 22.6. The largest absolute Gasteiger partial charge is 0.459 e. The van der Waals surface area contributed by atoms with E-state index in [1.807, 2.05) is 0 Å². The Bertz CT molecular complexity index is 1410. The molecule has 1 heterocycles. The molecule has 1 N–H and O–H groups in total. The second-order valence-electron chi connectivity index (χ2n) is 8.77. The lowest BCUT2D eigenvalue weighted by molar-refractivity contribution is -0.279. The van der Waals surface area contributed by atoms with Gasteiger partial charge in [-0.05, 0) is 36.4 Å². The molecule has 1 fully saturated rings. The molecule has 3 aromatic carbocycles. The molecule has 3 aromatic rings. The summed E-state index contributed by atoms with van der Waals surface area (Å²) in [5.41, 5.74) is 0.435. The summed E-state index contributed by atoms with van der Waals surface area (Å²) in [5, 5.41) is 10.8. The van der Waals surface area contributed by atoms with Crippen molar-refractivity contribution < 1.29 is 51.0 Å². The first-order valence-electron chi connectivity index (χ1n) is 12.1. The summed E-state index contributed by atoms with van der Waals surface area (Å²) in [6.45, 7) is -0.569. The van der Waals surface area contributed by atoms with Crippen molar-refractivity contribution in [3.8, 4) is 0 Å². The maximum atomic E-state index is 13.0. The van der Waals surface area contributed by atoms with Gasteiger partial charge in [0.05, 0.1) is 22.9 Å². The minimum absolute atomic E-state index is 0.101. The van der Waals surface area contributed by atoms with Gasteiger partial charge in [0, 0.05) is 0 Å². The van der Waals surface area contributed by atoms with E-state index in [4.69, 9.17) is 23.1 Å². The Morgan fingerprint density at radius 2 is 1.12 bits per heavy atom. The third kappa shape index (κ3) is 7.51. The zero-order valence-corrected chi connectivity index (χ0v) is 22.0. The summed E-state index contributed by atoms with van der Waals surface area (Å²) in [4.78, 5) is 38.4. The first-order chi connectivity index (χ1) is 19.1. The van der Waals surface area contributed by atoms with Crippen molar-refractivity contribution in [2.24, 2.45) is 0 Å². The molecule has 12 heteroatoms. The Labute approximate surface area is 230 Å². The summed E-state index contributed by atoms with van der Waals surface area (Å²) >= 11 is 0. The minimum atomic E-state index is -4.27. The van der Waals surface area contributed by atoms with Gasteiger partial charge in [-0.2, -0.15) is 8.42 Å². The molecule has 0 spiro atoms. The Kier molecular flexibility index (Phi) is 9.27. The van der Waals surface area contributed by atoms with E-state index in [0.29, 0.717) is 0 Å². The summed E-state index contributed by atoms with van der Waals surface area (Å²) in [5.74, 6) is -2.55. The predicted octanol–water partition coefficient (Wildman–Crippen LogP) is 2.36. The maximum absolute atomic E-state index is 13.0. The van der Waals surface area contributed by atoms with Crippen molar-refractivity contribution in [3.63, 3.8) is 0 Å². The second-order valence-corrected chi connectivity index (χ2v) is 10.4. The molecule has 1 aliphatic heterocycles. The summed E-state index contributed by atoms with van der Waals surface area (Å²) < 4.78 is 51.6. The number of rotatable bonds is 9. The fraction of sp³-hybridized carbons (Fsp3) is 0.250. The Hall–Kier alpha value is -4.10. The third-order valence-electron chi connectivity index (χ3n) is 5.79. The van der Waals surface area contributed by atoms with E-state index in [0.717, 1.165) is 6.26 Å². The molecule has 5 atom stereocenters. The highest BCUT2D eigenvalue weighted by atomic mass is 32.2. The fourth-order valence-corrected chi connectivity index (χ4v) is 4.58. The van der Waals surface area contributed by atoms with Crippen LogP contribution in [0.2, 0.25) is 0 Å². The van der Waals surface area contributed by atoms with Crippen LogP contribution in [0.3, 0.4) is 0 Å². The highest BCUT2D eigenvalue weighted by Crippen LogP contribution is 2.30. The number of carbonyl (C=O) groups excluding carboxylic acids is 3. The Morgan fingerprint density at radius 1 is 0.700 bits per heavy atom. The number of aliphatic hydroxyl groups excluding tert-OH is 1. The topological polar surface area (TPSA) is 152 Å². The summed E-state index contributed by atoms with van der Waals surface area (Å²) in [6, 6.07) is 23.5. The first-order valence-corrected chi connectivity index (χ1v) is 13.9. The monoisotopic (exact) mass is 570 g/mol. The van der Waals surface area contributed by atoms with Crippen LogP contribution >= 0.6 is 0 Å². The predicted molar refractivity (Wildman–Crippen MR) is 139 cm³/mol. The zero-order valence-electron chi connectivity index (χ0n) is 21.2. The minimum Gasteiger partial charge on any atom is -0.459 e. The second kappa shape index (κ2) is 12.8. The zero-order chi connectivity index (χ0) is 28.7. The molecule has 0 unspecified atom stereocenters. The van der Waals surface area contributed by atoms with E-state index in [9.17, 15) is 27.9 Å². The molecule has 40 heavy (non-hydrogen) atoms. The highest BCUT2D eigenvalue weighted by Gasteiger charge is 2.52. The van der Waals surface area contributed by atoms with Crippen molar-refractivity contribution in [1.29, 1.82) is 0 Å². The molecule has 210 valence electrons. The standard InChI is InChI=1S/C28H26O11S/c1-40(33,34)39-23-22(37-26(30)19-13-7-3-8-14-19)21(17-35-25(29)18-11-5-2-6-12-18)36-28(32)24(23)38-27(31)20-15-9-4-10-16-20/h2-16,21-24,28,32H,17H2,1H3/t21-,22-,23+,24-,28+/m1/s1. The number of carbonyl (C=O) groups is 3. The van der Waals surface area contributed by atoms with E-state index in [-0.39, 0.29) is 16.7 Å². The van der Waals surface area contributed by atoms with Crippen LogP contribution in [0.15, 0.2) is 91.0 Å². The Balaban J connectivity index is 1.65. The molecule has 0 saturated carbocycles. The van der Waals surface area contributed by atoms with E-state index in [2.05, 4.69) is 0 Å². The number of hydrogen-bond acceptors (Lipinski definition) is 11. The molecular weight excluding hydrogens is 544 g/mol. The maximum Gasteiger partial charge on any atom is 0.338 e. The van der Waals surface area contributed by atoms with E-state index in [1.54, 1.807) is 54.6 Å². The van der Waals surface area contributed by atoms with Gasteiger partial charge in [0.15, 0.2) is 24.6 Å². The average molecular weight is 571 g/mol. The van der Waals surface area contributed by atoms with Gasteiger partial charge in [0.1, 0.15) is 12.7 Å². The average Bonchev–Trinajstić information content (AvgIpc) is 2.95. The van der Waals surface area contributed by atoms with E-state index >= 15 is 0 Å². The van der Waals surface area contributed by atoms with Gasteiger partial charge in [0.2, 0.25) is 0 Å². The van der Waals surface area contributed by atoms with Gasteiger partial charge >= 0.3 is 17.9 Å². The number of esters is 3. The third-order valence-corrected chi connectivity index (χ3v) is 6.36. The van der Waals surface area contributed by atoms with Crippen LogP contribution < -0.4 is 0 Å². The van der Waals surface area contributed by atoms with Crippen LogP contribution in [-0.2, 0) is 33.2 Å². The van der Waals surface area contributed by atoms with Gasteiger partial charge in [-0.25, -0.2) is 14.4 Å². The molecule has 0 radical (unpaired) electrons. The molecule has 0 bridgehead atoms. The van der Waals surface area contributed by atoms with Crippen LogP contribution in [0.25, 0.3) is 0 Å². The number of hydrogen-bond donors (Lipinski definition) is 1. The van der Waals surface area contributed by atoms with E-state index < -0.39 is 65.3 Å². The lowest BCUT2D eigenvalue weighted by atomic mass is 9.98. The van der Waals surface area contributed by atoms with Gasteiger partial charge in [-0.15, -0.1) is 0 Å². The lowest BCUT2D eigenvalue weighted by Crippen LogP contribution is -2.62. The van der Waals surface area contributed by atoms with Gasteiger partial charge < -0.3 is 24.1 Å². The molecule has 0 aromatic heterocycles. The molecule has 1 saturated heterocycles. The van der Waals surface area contributed by atoms with Crippen LogP contribution in [-0.4, -0.2) is 75.0 Å². The van der Waals surface area contributed by atoms with Crippen LogP contribution in [0.1, 0.15) is 31.1 Å². The van der Waals surface area contributed by atoms with Crippen molar-refractivity contribution >= 4 is 28.0 Å². The van der Waals surface area contributed by atoms with Gasteiger partial charge in [-0.1, -0.05) is 54.6 Å². The molecule has 1 aliphatic rings. The van der Waals surface area contributed by atoms with Crippen molar-refractivity contribution in [2.45, 2.75) is 30.7 Å². The number of ether oxygens (including phenoxy) is 4. The van der Waals surface area contributed by atoms with Crippen LogP contribution in [0.4, 0.5) is 0 Å². The highest BCUT2D eigenvalue weighted by molar-refractivity contribution is 7.86. The molecule has 11 nitrogen and oxygen atoms in total.